The minimum absolute atomic E-state index is 0.572. The van der Waals surface area contributed by atoms with Crippen molar-refractivity contribution in [3.05, 3.63) is 36.0 Å². The molecule has 0 unspecified atom stereocenters. The average Bonchev–Trinajstić information content (AvgIpc) is 2.79. The predicted octanol–water partition coefficient (Wildman–Crippen LogP) is 2.87. The summed E-state index contributed by atoms with van der Waals surface area (Å²) in [5.74, 6) is 0. The maximum Gasteiger partial charge on any atom is 0.416 e. The molecule has 2 aromatic rings. The van der Waals surface area contributed by atoms with E-state index in [1.165, 1.54) is 12.1 Å². The van der Waals surface area contributed by atoms with Gasteiger partial charge in [-0.2, -0.15) is 18.3 Å². The van der Waals surface area contributed by atoms with E-state index in [9.17, 15) is 13.2 Å². The van der Waals surface area contributed by atoms with Crippen LogP contribution in [0.2, 0.25) is 0 Å². The van der Waals surface area contributed by atoms with Crippen LogP contribution >= 0.6 is 0 Å². The van der Waals surface area contributed by atoms with Gasteiger partial charge in [0.05, 0.1) is 23.1 Å². The Kier molecular flexibility index (Phi) is 4.52. The highest BCUT2D eigenvalue weighted by molar-refractivity contribution is 5.74. The average molecular weight is 298 g/mol. The van der Waals surface area contributed by atoms with Gasteiger partial charge in [0.1, 0.15) is 0 Å². The third kappa shape index (κ3) is 3.55. The van der Waals surface area contributed by atoms with Crippen LogP contribution in [0.3, 0.4) is 0 Å². The molecule has 0 radical (unpaired) electrons. The van der Waals surface area contributed by atoms with E-state index in [0.29, 0.717) is 18.7 Å². The number of nitrogens with zero attached hydrogens (tertiary/aromatic N) is 2. The number of nitrogens with one attached hydrogen (secondary N) is 1. The predicted molar refractivity (Wildman–Crippen MR) is 75.8 cm³/mol. The summed E-state index contributed by atoms with van der Waals surface area (Å²) in [6.45, 7) is 1.26. The number of rotatable bonds is 5. The van der Waals surface area contributed by atoms with E-state index in [1.54, 1.807) is 17.9 Å². The molecule has 0 saturated heterocycles. The van der Waals surface area contributed by atoms with Crippen molar-refractivity contribution in [2.24, 2.45) is 12.8 Å². The minimum atomic E-state index is -4.33. The molecular formula is C14H17F3N4. The molecule has 2 rings (SSSR count). The van der Waals surface area contributed by atoms with Gasteiger partial charge >= 0.3 is 6.18 Å². The number of benzene rings is 1. The largest absolute Gasteiger partial charge is 0.416 e. The number of aromatic nitrogens is 2. The number of nitrogens with two attached hydrogens (primary N) is 1. The molecule has 21 heavy (non-hydrogen) atoms. The summed E-state index contributed by atoms with van der Waals surface area (Å²) >= 11 is 0. The Balaban J connectivity index is 2.27. The van der Waals surface area contributed by atoms with Crippen LogP contribution in [0.1, 0.15) is 12.0 Å². The van der Waals surface area contributed by atoms with Gasteiger partial charge in [0.2, 0.25) is 0 Å². The zero-order chi connectivity index (χ0) is 15.5. The Hall–Kier alpha value is -2.02. The van der Waals surface area contributed by atoms with E-state index in [-0.39, 0.29) is 0 Å². The molecule has 0 atom stereocenters. The van der Waals surface area contributed by atoms with Crippen LogP contribution in [-0.2, 0) is 13.2 Å². The van der Waals surface area contributed by atoms with Crippen molar-refractivity contribution in [3.8, 4) is 11.3 Å². The number of hydrogen-bond acceptors (Lipinski definition) is 3. The first-order valence-corrected chi connectivity index (χ1v) is 6.57. The van der Waals surface area contributed by atoms with Gasteiger partial charge in [-0.1, -0.05) is 12.1 Å². The lowest BCUT2D eigenvalue weighted by Crippen LogP contribution is -2.09. The normalized spacial score (nSPS) is 11.7. The Bertz CT molecular complexity index is 587. The smallest absolute Gasteiger partial charge is 0.382 e. The van der Waals surface area contributed by atoms with Gasteiger partial charge < -0.3 is 11.1 Å². The van der Waals surface area contributed by atoms with Crippen molar-refractivity contribution >= 4 is 5.69 Å². The lowest BCUT2D eigenvalue weighted by Gasteiger charge is -2.10. The van der Waals surface area contributed by atoms with Gasteiger partial charge in [-0.15, -0.1) is 0 Å². The van der Waals surface area contributed by atoms with E-state index < -0.39 is 11.7 Å². The zero-order valence-corrected chi connectivity index (χ0v) is 11.6. The van der Waals surface area contributed by atoms with Crippen molar-refractivity contribution in [1.82, 2.24) is 9.78 Å². The van der Waals surface area contributed by atoms with Crippen molar-refractivity contribution in [3.63, 3.8) is 0 Å². The standard InChI is InChI=1S/C14H17F3N4/c1-21-13(12(9-20-21)19-8-2-7-18)10-3-5-11(6-4-10)14(15,16)17/h3-6,9,19H,2,7-8,18H2,1H3. The fourth-order valence-corrected chi connectivity index (χ4v) is 2.05. The number of hydrogen-bond donors (Lipinski definition) is 2. The zero-order valence-electron chi connectivity index (χ0n) is 11.6. The third-order valence-corrected chi connectivity index (χ3v) is 3.12. The highest BCUT2D eigenvalue weighted by Crippen LogP contribution is 2.32. The monoisotopic (exact) mass is 298 g/mol. The maximum atomic E-state index is 12.6. The highest BCUT2D eigenvalue weighted by Gasteiger charge is 2.30. The Morgan fingerprint density at radius 3 is 2.48 bits per heavy atom. The van der Waals surface area contributed by atoms with Crippen LogP contribution in [0.25, 0.3) is 11.3 Å². The molecular weight excluding hydrogens is 281 g/mol. The summed E-state index contributed by atoms with van der Waals surface area (Å²) in [6.07, 6.45) is -1.86. The number of halogens is 3. The van der Waals surface area contributed by atoms with Gasteiger partial charge in [0.25, 0.3) is 0 Å². The second-order valence-corrected chi connectivity index (χ2v) is 4.67. The molecule has 0 aliphatic carbocycles. The topological polar surface area (TPSA) is 55.9 Å². The molecule has 0 aliphatic rings. The van der Waals surface area contributed by atoms with Crippen LogP contribution in [0.4, 0.5) is 18.9 Å². The van der Waals surface area contributed by atoms with Crippen molar-refractivity contribution in [2.75, 3.05) is 18.4 Å². The minimum Gasteiger partial charge on any atom is -0.382 e. The third-order valence-electron chi connectivity index (χ3n) is 3.12. The lowest BCUT2D eigenvalue weighted by atomic mass is 10.1. The maximum absolute atomic E-state index is 12.6. The van der Waals surface area contributed by atoms with Crippen LogP contribution in [-0.4, -0.2) is 22.9 Å². The van der Waals surface area contributed by atoms with Crippen LogP contribution in [0, 0.1) is 0 Å². The van der Waals surface area contributed by atoms with Crippen LogP contribution in [0.5, 0.6) is 0 Å². The van der Waals surface area contributed by atoms with Crippen LogP contribution < -0.4 is 11.1 Å². The van der Waals surface area contributed by atoms with Gasteiger partial charge in [-0.05, 0) is 25.1 Å². The Morgan fingerprint density at radius 1 is 1.24 bits per heavy atom. The van der Waals surface area contributed by atoms with Crippen molar-refractivity contribution in [1.29, 1.82) is 0 Å². The molecule has 1 aromatic carbocycles. The lowest BCUT2D eigenvalue weighted by molar-refractivity contribution is -0.137. The molecule has 4 nitrogen and oxygen atoms in total. The van der Waals surface area contributed by atoms with E-state index in [0.717, 1.165) is 29.9 Å². The second-order valence-electron chi connectivity index (χ2n) is 4.67. The number of aryl methyl sites for hydroxylation is 1. The summed E-state index contributed by atoms with van der Waals surface area (Å²) in [5, 5.41) is 7.34. The molecule has 0 bridgehead atoms. The van der Waals surface area contributed by atoms with E-state index in [2.05, 4.69) is 10.4 Å². The van der Waals surface area contributed by atoms with Gasteiger partial charge in [-0.25, -0.2) is 0 Å². The summed E-state index contributed by atoms with van der Waals surface area (Å²) in [4.78, 5) is 0. The van der Waals surface area contributed by atoms with Gasteiger partial charge in [-0.3, -0.25) is 4.68 Å². The van der Waals surface area contributed by atoms with E-state index >= 15 is 0 Å². The molecule has 0 spiro atoms. The van der Waals surface area contributed by atoms with E-state index in [1.807, 2.05) is 0 Å². The fourth-order valence-electron chi connectivity index (χ4n) is 2.05. The Labute approximate surface area is 120 Å². The second kappa shape index (κ2) is 6.17. The quantitative estimate of drug-likeness (QED) is 0.835. The van der Waals surface area contributed by atoms with Crippen molar-refractivity contribution in [2.45, 2.75) is 12.6 Å². The Morgan fingerprint density at radius 2 is 1.90 bits per heavy atom. The highest BCUT2D eigenvalue weighted by atomic mass is 19.4. The molecule has 0 aliphatic heterocycles. The first kappa shape index (κ1) is 15.4. The molecule has 0 amide bonds. The number of anilines is 1. The molecule has 114 valence electrons. The summed E-state index contributed by atoms with van der Waals surface area (Å²) in [6, 6.07) is 5.06. The molecule has 1 heterocycles. The first-order chi connectivity index (χ1) is 9.93. The molecule has 3 N–H and O–H groups in total. The fraction of sp³-hybridized carbons (Fsp3) is 0.357. The van der Waals surface area contributed by atoms with E-state index in [4.69, 9.17) is 5.73 Å². The molecule has 0 fully saturated rings. The molecule has 0 saturated carbocycles. The number of alkyl halides is 3. The van der Waals surface area contributed by atoms with Crippen LogP contribution in [0.15, 0.2) is 30.5 Å². The molecule has 7 heteroatoms. The summed E-state index contributed by atoms with van der Waals surface area (Å²) in [7, 11) is 1.75. The van der Waals surface area contributed by atoms with Gasteiger partial charge in [0.15, 0.2) is 0 Å². The van der Waals surface area contributed by atoms with Gasteiger partial charge in [0, 0.05) is 19.2 Å². The first-order valence-electron chi connectivity index (χ1n) is 6.57. The molecule has 1 aromatic heterocycles. The summed E-state index contributed by atoms with van der Waals surface area (Å²) < 4.78 is 39.4. The summed E-state index contributed by atoms with van der Waals surface area (Å²) in [5.41, 5.74) is 6.99. The SMILES string of the molecule is Cn1ncc(NCCCN)c1-c1ccc(C(F)(F)F)cc1. The van der Waals surface area contributed by atoms with Crippen molar-refractivity contribution < 1.29 is 13.2 Å².